The Labute approximate surface area is 125 Å². The minimum absolute atomic E-state index is 0.189. The zero-order chi connectivity index (χ0) is 15.0. The zero-order valence-corrected chi connectivity index (χ0v) is 12.3. The third-order valence-electron chi connectivity index (χ3n) is 3.83. The van der Waals surface area contributed by atoms with E-state index in [1.807, 2.05) is 18.2 Å². The van der Waals surface area contributed by atoms with Crippen molar-refractivity contribution in [2.24, 2.45) is 0 Å². The molecule has 1 aromatic carbocycles. The third-order valence-corrected chi connectivity index (χ3v) is 5.02. The average molecular weight is 305 g/mol. The molecule has 0 saturated carbocycles. The number of carboxylic acid groups (broad SMARTS) is 1. The van der Waals surface area contributed by atoms with Crippen LogP contribution in [0.5, 0.6) is 0 Å². The lowest BCUT2D eigenvalue weighted by molar-refractivity contribution is -0.143. The number of hydrogen-bond acceptors (Lipinski definition) is 4. The van der Waals surface area contributed by atoms with Gasteiger partial charge in [-0.3, -0.25) is 4.79 Å². The minimum atomic E-state index is -1.19. The summed E-state index contributed by atoms with van der Waals surface area (Å²) in [6.07, 6.45) is 0.429. The molecule has 2 N–H and O–H groups in total. The summed E-state index contributed by atoms with van der Waals surface area (Å²) >= 11 is 1.53. The fourth-order valence-corrected chi connectivity index (χ4v) is 3.88. The molecule has 21 heavy (non-hydrogen) atoms. The molecule has 3 rings (SSSR count). The Bertz CT molecular complexity index is 716. The summed E-state index contributed by atoms with van der Waals surface area (Å²) in [7, 11) is 0. The van der Waals surface area contributed by atoms with Gasteiger partial charge in [-0.1, -0.05) is 18.2 Å². The third kappa shape index (κ3) is 2.29. The number of benzene rings is 1. The molecule has 110 valence electrons. The van der Waals surface area contributed by atoms with Gasteiger partial charge in [0.05, 0.1) is 0 Å². The molecular weight excluding hydrogens is 290 g/mol. The molecule has 0 radical (unpaired) electrons. The molecule has 0 spiro atoms. The van der Waals surface area contributed by atoms with Crippen molar-refractivity contribution in [1.82, 2.24) is 5.32 Å². The van der Waals surface area contributed by atoms with Gasteiger partial charge in [-0.2, -0.15) is 11.8 Å². The molecule has 0 aliphatic carbocycles. The number of nitrogens with one attached hydrogen (secondary N) is 1. The monoisotopic (exact) mass is 305 g/mol. The normalized spacial score (nSPS) is 21.6. The van der Waals surface area contributed by atoms with Crippen molar-refractivity contribution >= 4 is 34.6 Å². The zero-order valence-electron chi connectivity index (χ0n) is 11.5. The van der Waals surface area contributed by atoms with Crippen molar-refractivity contribution < 1.29 is 19.1 Å². The molecule has 1 fully saturated rings. The predicted octanol–water partition coefficient (Wildman–Crippen LogP) is 2.43. The maximum absolute atomic E-state index is 12.4. The summed E-state index contributed by atoms with van der Waals surface area (Å²) < 4.78 is 5.58. The largest absolute Gasteiger partial charge is 0.479 e. The molecule has 2 heterocycles. The Hall–Kier alpha value is -1.95. The molecule has 1 atom stereocenters. The lowest BCUT2D eigenvalue weighted by Crippen LogP contribution is -2.54. The lowest BCUT2D eigenvalue weighted by atomic mass is 9.99. The Morgan fingerprint density at radius 1 is 1.38 bits per heavy atom. The number of carbonyl (C=O) groups is 2. The van der Waals surface area contributed by atoms with Crippen LogP contribution in [0.4, 0.5) is 0 Å². The van der Waals surface area contributed by atoms with Crippen LogP contribution >= 0.6 is 11.8 Å². The summed E-state index contributed by atoms with van der Waals surface area (Å²) in [5.74, 6) is -0.157. The number of aryl methyl sites for hydroxylation is 1. The highest BCUT2D eigenvalue weighted by Crippen LogP contribution is 2.30. The SMILES string of the molecule is Cc1c(C(=O)N[C@@]2(C(=O)O)CCSC2)oc2ccccc12. The quantitative estimate of drug-likeness (QED) is 0.910. The van der Waals surface area contributed by atoms with E-state index in [4.69, 9.17) is 4.42 Å². The summed E-state index contributed by atoms with van der Waals surface area (Å²) in [6, 6.07) is 7.37. The van der Waals surface area contributed by atoms with Crippen molar-refractivity contribution in [3.63, 3.8) is 0 Å². The van der Waals surface area contributed by atoms with Crippen molar-refractivity contribution in [3.05, 3.63) is 35.6 Å². The molecule has 1 saturated heterocycles. The van der Waals surface area contributed by atoms with Crippen LogP contribution in [0.1, 0.15) is 22.5 Å². The van der Waals surface area contributed by atoms with Crippen molar-refractivity contribution in [1.29, 1.82) is 0 Å². The summed E-state index contributed by atoms with van der Waals surface area (Å²) in [5.41, 5.74) is 0.173. The smallest absolute Gasteiger partial charge is 0.330 e. The van der Waals surface area contributed by atoms with E-state index in [0.717, 1.165) is 16.7 Å². The van der Waals surface area contributed by atoms with Crippen LogP contribution in [-0.4, -0.2) is 34.0 Å². The van der Waals surface area contributed by atoms with E-state index in [1.165, 1.54) is 11.8 Å². The number of rotatable bonds is 3. The van der Waals surface area contributed by atoms with E-state index in [2.05, 4.69) is 5.32 Å². The summed E-state index contributed by atoms with van der Waals surface area (Å²) in [4.78, 5) is 23.9. The molecule has 1 aromatic heterocycles. The number of furan rings is 1. The van der Waals surface area contributed by atoms with Crippen LogP contribution in [-0.2, 0) is 4.79 Å². The lowest BCUT2D eigenvalue weighted by Gasteiger charge is -2.24. The van der Waals surface area contributed by atoms with E-state index in [0.29, 0.717) is 17.8 Å². The highest BCUT2D eigenvalue weighted by molar-refractivity contribution is 7.99. The Morgan fingerprint density at radius 3 is 2.76 bits per heavy atom. The van der Waals surface area contributed by atoms with Gasteiger partial charge in [0, 0.05) is 16.7 Å². The van der Waals surface area contributed by atoms with Gasteiger partial charge in [-0.05, 0) is 25.2 Å². The number of amides is 1. The van der Waals surface area contributed by atoms with Gasteiger partial charge in [0.15, 0.2) is 5.76 Å². The van der Waals surface area contributed by atoms with Crippen LogP contribution in [0, 0.1) is 6.92 Å². The van der Waals surface area contributed by atoms with Crippen LogP contribution in [0.15, 0.2) is 28.7 Å². The van der Waals surface area contributed by atoms with Crippen LogP contribution in [0.3, 0.4) is 0 Å². The van der Waals surface area contributed by atoms with Crippen LogP contribution in [0.25, 0.3) is 11.0 Å². The van der Waals surface area contributed by atoms with Gasteiger partial charge in [0.1, 0.15) is 11.1 Å². The van der Waals surface area contributed by atoms with Crippen LogP contribution in [0.2, 0.25) is 0 Å². The molecule has 1 aliphatic heterocycles. The molecule has 1 amide bonds. The van der Waals surface area contributed by atoms with Gasteiger partial charge in [0.25, 0.3) is 5.91 Å². The number of para-hydroxylation sites is 1. The number of fused-ring (bicyclic) bond motifs is 1. The van der Waals surface area contributed by atoms with Crippen molar-refractivity contribution in [2.75, 3.05) is 11.5 Å². The number of carboxylic acids is 1. The first-order chi connectivity index (χ1) is 10.0. The number of thioether (sulfide) groups is 1. The first-order valence-corrected chi connectivity index (χ1v) is 7.81. The van der Waals surface area contributed by atoms with Crippen LogP contribution < -0.4 is 5.32 Å². The number of aliphatic carboxylic acids is 1. The van der Waals surface area contributed by atoms with E-state index in [1.54, 1.807) is 13.0 Å². The summed E-state index contributed by atoms with van der Waals surface area (Å²) in [6.45, 7) is 1.80. The first kappa shape index (κ1) is 14.0. The predicted molar refractivity (Wildman–Crippen MR) is 80.7 cm³/mol. The molecular formula is C15H15NO4S. The van der Waals surface area contributed by atoms with Gasteiger partial charge in [0.2, 0.25) is 0 Å². The van der Waals surface area contributed by atoms with Crippen molar-refractivity contribution in [2.45, 2.75) is 18.9 Å². The van der Waals surface area contributed by atoms with Gasteiger partial charge in [-0.15, -0.1) is 0 Å². The molecule has 2 aromatic rings. The summed E-state index contributed by atoms with van der Waals surface area (Å²) in [5, 5.41) is 12.9. The van der Waals surface area contributed by atoms with Crippen molar-refractivity contribution in [3.8, 4) is 0 Å². The molecule has 0 unspecified atom stereocenters. The number of hydrogen-bond donors (Lipinski definition) is 2. The Morgan fingerprint density at radius 2 is 2.14 bits per heavy atom. The second-order valence-corrected chi connectivity index (χ2v) is 6.30. The second kappa shape index (κ2) is 5.11. The van der Waals surface area contributed by atoms with Gasteiger partial charge >= 0.3 is 5.97 Å². The fraction of sp³-hybridized carbons (Fsp3) is 0.333. The second-order valence-electron chi connectivity index (χ2n) is 5.20. The standard InChI is InChI=1S/C15H15NO4S/c1-9-10-4-2-3-5-11(10)20-12(9)13(17)16-15(14(18)19)6-7-21-8-15/h2-5H,6-8H2,1H3,(H,16,17)(H,18,19)/t15-/m0/s1. The average Bonchev–Trinajstić information content (AvgIpc) is 3.05. The fourth-order valence-electron chi connectivity index (χ4n) is 2.55. The molecule has 6 heteroatoms. The van der Waals surface area contributed by atoms with E-state index in [-0.39, 0.29) is 5.76 Å². The van der Waals surface area contributed by atoms with Gasteiger partial charge < -0.3 is 14.8 Å². The van der Waals surface area contributed by atoms with E-state index < -0.39 is 17.4 Å². The van der Waals surface area contributed by atoms with E-state index in [9.17, 15) is 14.7 Å². The minimum Gasteiger partial charge on any atom is -0.479 e. The highest BCUT2D eigenvalue weighted by Gasteiger charge is 2.44. The molecule has 5 nitrogen and oxygen atoms in total. The number of carbonyl (C=O) groups excluding carboxylic acids is 1. The molecule has 1 aliphatic rings. The first-order valence-electron chi connectivity index (χ1n) is 6.65. The Kier molecular flexibility index (Phi) is 3.41. The highest BCUT2D eigenvalue weighted by atomic mass is 32.2. The van der Waals surface area contributed by atoms with E-state index >= 15 is 0 Å². The van der Waals surface area contributed by atoms with Gasteiger partial charge in [-0.25, -0.2) is 4.79 Å². The topological polar surface area (TPSA) is 79.5 Å². The molecule has 0 bridgehead atoms. The maximum atomic E-state index is 12.4. The Balaban J connectivity index is 1.94. The maximum Gasteiger partial charge on any atom is 0.330 e.